The summed E-state index contributed by atoms with van der Waals surface area (Å²) in [5, 5.41) is 0.543. The Hall–Kier alpha value is -2.05. The summed E-state index contributed by atoms with van der Waals surface area (Å²) < 4.78 is 33.8. The normalized spacial score (nSPS) is 11.0. The van der Waals surface area contributed by atoms with Crippen LogP contribution in [-0.4, -0.2) is 33.9 Å². The molecule has 0 aliphatic rings. The van der Waals surface area contributed by atoms with Crippen molar-refractivity contribution in [2.24, 2.45) is 0 Å². The number of esters is 1. The van der Waals surface area contributed by atoms with Gasteiger partial charge in [-0.2, -0.15) is 0 Å². The van der Waals surface area contributed by atoms with E-state index in [4.69, 9.17) is 21.1 Å². The minimum atomic E-state index is -3.50. The van der Waals surface area contributed by atoms with Gasteiger partial charge < -0.3 is 9.47 Å². The van der Waals surface area contributed by atoms with E-state index in [0.717, 1.165) is 6.26 Å². The first-order chi connectivity index (χ1) is 10.9. The van der Waals surface area contributed by atoms with Crippen molar-refractivity contribution in [1.29, 1.82) is 0 Å². The third-order valence-electron chi connectivity index (χ3n) is 2.89. The second-order valence-corrected chi connectivity index (χ2v) is 7.13. The SMILES string of the molecule is CS(=O)(=O)c1ccccc1C(=O)OCCOc1cccc(Cl)c1. The fraction of sp³-hybridized carbons (Fsp3) is 0.188. The minimum absolute atomic E-state index is 0.0105. The van der Waals surface area contributed by atoms with Crippen LogP contribution in [0.25, 0.3) is 0 Å². The number of hydrogen-bond acceptors (Lipinski definition) is 5. The van der Waals surface area contributed by atoms with Crippen molar-refractivity contribution in [3.8, 4) is 5.75 Å². The van der Waals surface area contributed by atoms with Crippen LogP contribution in [0.4, 0.5) is 0 Å². The molecule has 0 unspecified atom stereocenters. The lowest BCUT2D eigenvalue weighted by Gasteiger charge is -2.09. The minimum Gasteiger partial charge on any atom is -0.490 e. The quantitative estimate of drug-likeness (QED) is 0.589. The molecule has 0 aromatic heterocycles. The topological polar surface area (TPSA) is 69.7 Å². The molecule has 5 nitrogen and oxygen atoms in total. The maximum atomic E-state index is 12.0. The van der Waals surface area contributed by atoms with E-state index in [1.165, 1.54) is 12.1 Å². The van der Waals surface area contributed by atoms with Crippen LogP contribution in [0, 0.1) is 0 Å². The van der Waals surface area contributed by atoms with Crippen LogP contribution in [0.2, 0.25) is 5.02 Å². The van der Waals surface area contributed by atoms with Gasteiger partial charge in [-0.15, -0.1) is 0 Å². The number of sulfone groups is 1. The van der Waals surface area contributed by atoms with Crippen molar-refractivity contribution < 1.29 is 22.7 Å². The number of halogens is 1. The van der Waals surface area contributed by atoms with Crippen LogP contribution >= 0.6 is 11.6 Å². The van der Waals surface area contributed by atoms with Crippen LogP contribution in [0.3, 0.4) is 0 Å². The molecule has 122 valence electrons. The maximum absolute atomic E-state index is 12.0. The van der Waals surface area contributed by atoms with Gasteiger partial charge in [0.25, 0.3) is 0 Å². The predicted octanol–water partition coefficient (Wildman–Crippen LogP) is 2.98. The van der Waals surface area contributed by atoms with Gasteiger partial charge in [0.15, 0.2) is 9.84 Å². The van der Waals surface area contributed by atoms with Gasteiger partial charge in [-0.25, -0.2) is 13.2 Å². The number of carbonyl (C=O) groups excluding carboxylic acids is 1. The zero-order chi connectivity index (χ0) is 16.9. The van der Waals surface area contributed by atoms with Gasteiger partial charge in [0.2, 0.25) is 0 Å². The van der Waals surface area contributed by atoms with E-state index >= 15 is 0 Å². The lowest BCUT2D eigenvalue weighted by Crippen LogP contribution is -2.15. The van der Waals surface area contributed by atoms with Crippen molar-refractivity contribution in [3.05, 3.63) is 59.1 Å². The fourth-order valence-corrected chi connectivity index (χ4v) is 2.94. The summed E-state index contributed by atoms with van der Waals surface area (Å²) in [6, 6.07) is 12.7. The molecule has 0 amide bonds. The summed E-state index contributed by atoms with van der Waals surface area (Å²) >= 11 is 5.83. The first-order valence-electron chi connectivity index (χ1n) is 6.72. The molecule has 0 aliphatic heterocycles. The zero-order valence-electron chi connectivity index (χ0n) is 12.4. The highest BCUT2D eigenvalue weighted by Crippen LogP contribution is 2.18. The lowest BCUT2D eigenvalue weighted by molar-refractivity contribution is 0.0446. The van der Waals surface area contributed by atoms with Gasteiger partial charge in [0.05, 0.1) is 10.5 Å². The van der Waals surface area contributed by atoms with Crippen LogP contribution < -0.4 is 4.74 Å². The molecule has 0 atom stereocenters. The Morgan fingerprint density at radius 2 is 1.83 bits per heavy atom. The first-order valence-corrected chi connectivity index (χ1v) is 8.99. The van der Waals surface area contributed by atoms with E-state index in [0.29, 0.717) is 10.8 Å². The molecule has 2 rings (SSSR count). The van der Waals surface area contributed by atoms with Gasteiger partial charge in [-0.3, -0.25) is 0 Å². The van der Waals surface area contributed by atoms with Crippen LogP contribution in [-0.2, 0) is 14.6 Å². The predicted molar refractivity (Wildman–Crippen MR) is 86.8 cm³/mol. The molecule has 0 radical (unpaired) electrons. The number of carbonyl (C=O) groups is 1. The Labute approximate surface area is 139 Å². The largest absolute Gasteiger partial charge is 0.490 e. The van der Waals surface area contributed by atoms with E-state index < -0.39 is 15.8 Å². The number of hydrogen-bond donors (Lipinski definition) is 0. The molecule has 2 aromatic rings. The molecule has 0 saturated carbocycles. The molecule has 0 heterocycles. The molecule has 23 heavy (non-hydrogen) atoms. The van der Waals surface area contributed by atoms with Crippen molar-refractivity contribution >= 4 is 27.4 Å². The van der Waals surface area contributed by atoms with Crippen LogP contribution in [0.5, 0.6) is 5.75 Å². The number of ether oxygens (including phenoxy) is 2. The van der Waals surface area contributed by atoms with Gasteiger partial charge >= 0.3 is 5.97 Å². The van der Waals surface area contributed by atoms with Gasteiger partial charge in [-0.1, -0.05) is 29.8 Å². The van der Waals surface area contributed by atoms with Gasteiger partial charge in [0, 0.05) is 11.3 Å². The van der Waals surface area contributed by atoms with Crippen LogP contribution in [0.1, 0.15) is 10.4 Å². The molecule has 2 aromatic carbocycles. The van der Waals surface area contributed by atoms with Gasteiger partial charge in [0.1, 0.15) is 19.0 Å². The highest BCUT2D eigenvalue weighted by atomic mass is 35.5. The second kappa shape index (κ2) is 7.48. The summed E-state index contributed by atoms with van der Waals surface area (Å²) in [5.74, 6) is -0.147. The zero-order valence-corrected chi connectivity index (χ0v) is 13.9. The Bertz CT molecular complexity index is 802. The van der Waals surface area contributed by atoms with Crippen molar-refractivity contribution in [2.45, 2.75) is 4.90 Å². The van der Waals surface area contributed by atoms with E-state index in [2.05, 4.69) is 0 Å². The fourth-order valence-electron chi connectivity index (χ4n) is 1.89. The van der Waals surface area contributed by atoms with Crippen molar-refractivity contribution in [2.75, 3.05) is 19.5 Å². The lowest BCUT2D eigenvalue weighted by atomic mass is 10.2. The Morgan fingerprint density at radius 1 is 1.09 bits per heavy atom. The average molecular weight is 355 g/mol. The van der Waals surface area contributed by atoms with Crippen LogP contribution in [0.15, 0.2) is 53.4 Å². The molecule has 0 bridgehead atoms. The highest BCUT2D eigenvalue weighted by Gasteiger charge is 2.19. The highest BCUT2D eigenvalue weighted by molar-refractivity contribution is 7.90. The third-order valence-corrected chi connectivity index (χ3v) is 4.28. The summed E-state index contributed by atoms with van der Waals surface area (Å²) in [5.41, 5.74) is 0.0118. The monoisotopic (exact) mass is 354 g/mol. The summed E-state index contributed by atoms with van der Waals surface area (Å²) in [6.45, 7) is 0.122. The van der Waals surface area contributed by atoms with Crippen molar-refractivity contribution in [3.63, 3.8) is 0 Å². The molecule has 0 aliphatic carbocycles. The molecule has 0 saturated heterocycles. The average Bonchev–Trinajstić information content (AvgIpc) is 2.50. The summed E-state index contributed by atoms with van der Waals surface area (Å²) in [7, 11) is -3.50. The molecular formula is C16H15ClO5S. The molecule has 0 N–H and O–H groups in total. The summed E-state index contributed by atoms with van der Waals surface area (Å²) in [6.07, 6.45) is 1.04. The smallest absolute Gasteiger partial charge is 0.339 e. The van der Waals surface area contributed by atoms with Crippen molar-refractivity contribution in [1.82, 2.24) is 0 Å². The van der Waals surface area contributed by atoms with E-state index in [1.54, 1.807) is 36.4 Å². The third kappa shape index (κ3) is 4.97. The molecule has 0 spiro atoms. The van der Waals surface area contributed by atoms with E-state index in [-0.39, 0.29) is 23.7 Å². The Morgan fingerprint density at radius 3 is 2.52 bits per heavy atom. The Kier molecular flexibility index (Phi) is 5.63. The standard InChI is InChI=1S/C16H15ClO5S/c1-23(19,20)15-8-3-2-7-14(15)16(18)22-10-9-21-13-6-4-5-12(17)11-13/h2-8,11H,9-10H2,1H3. The Balaban J connectivity index is 1.93. The number of rotatable bonds is 6. The first kappa shape index (κ1) is 17.3. The van der Waals surface area contributed by atoms with Gasteiger partial charge in [-0.05, 0) is 30.3 Å². The maximum Gasteiger partial charge on any atom is 0.339 e. The number of benzene rings is 2. The summed E-state index contributed by atoms with van der Waals surface area (Å²) in [4.78, 5) is 12.0. The molecule has 7 heteroatoms. The second-order valence-electron chi connectivity index (χ2n) is 4.71. The molecular weight excluding hydrogens is 340 g/mol. The van der Waals surface area contributed by atoms with E-state index in [9.17, 15) is 13.2 Å². The van der Waals surface area contributed by atoms with E-state index in [1.807, 2.05) is 0 Å². The molecule has 0 fully saturated rings.